The minimum absolute atomic E-state index is 0.00546. The van der Waals surface area contributed by atoms with E-state index in [-0.39, 0.29) is 5.41 Å². The highest BCUT2D eigenvalue weighted by Gasteiger charge is 2.23. The van der Waals surface area contributed by atoms with E-state index in [0.717, 1.165) is 31.2 Å². The first kappa shape index (κ1) is 11.3. The number of nitrogens with one attached hydrogen (secondary N) is 2. The number of aromatic nitrogens is 2. The fourth-order valence-corrected chi connectivity index (χ4v) is 1.89. The van der Waals surface area contributed by atoms with Gasteiger partial charge in [0.15, 0.2) is 0 Å². The zero-order valence-corrected chi connectivity index (χ0v) is 10.5. The Morgan fingerprint density at radius 1 is 1.25 bits per heavy atom. The van der Waals surface area contributed by atoms with Gasteiger partial charge in [0.2, 0.25) is 0 Å². The number of hydrogen-bond donors (Lipinski definition) is 2. The standard InChI is InChI=1S/C12H20N4/c1-12(2,3)11-15-9-5-6-14-7-8(9)10(13-4)16-11/h14H,5-7H2,1-4H3,(H,13,15,16). The quantitative estimate of drug-likeness (QED) is 0.752. The number of fused-ring (bicyclic) bond motifs is 1. The molecule has 2 heterocycles. The third kappa shape index (κ3) is 2.02. The SMILES string of the molecule is CNc1nc(C(C)(C)C)nc2c1CNCC2. The summed E-state index contributed by atoms with van der Waals surface area (Å²) in [5, 5.41) is 6.53. The summed E-state index contributed by atoms with van der Waals surface area (Å²) >= 11 is 0. The van der Waals surface area contributed by atoms with E-state index in [2.05, 4.69) is 36.4 Å². The van der Waals surface area contributed by atoms with E-state index in [1.165, 1.54) is 11.3 Å². The van der Waals surface area contributed by atoms with Gasteiger partial charge in [0.25, 0.3) is 0 Å². The van der Waals surface area contributed by atoms with Crippen molar-refractivity contribution in [2.24, 2.45) is 0 Å². The molecule has 16 heavy (non-hydrogen) atoms. The summed E-state index contributed by atoms with van der Waals surface area (Å²) in [4.78, 5) is 9.32. The Kier molecular flexibility index (Phi) is 2.84. The molecule has 0 radical (unpaired) electrons. The molecule has 0 saturated carbocycles. The van der Waals surface area contributed by atoms with E-state index < -0.39 is 0 Å². The molecule has 0 atom stereocenters. The molecule has 4 heteroatoms. The zero-order valence-electron chi connectivity index (χ0n) is 10.5. The molecule has 88 valence electrons. The molecule has 0 saturated heterocycles. The maximum Gasteiger partial charge on any atom is 0.136 e. The van der Waals surface area contributed by atoms with Crippen LogP contribution in [-0.2, 0) is 18.4 Å². The largest absolute Gasteiger partial charge is 0.373 e. The van der Waals surface area contributed by atoms with Gasteiger partial charge in [-0.2, -0.15) is 0 Å². The lowest BCUT2D eigenvalue weighted by molar-refractivity contribution is 0.531. The Labute approximate surface area is 96.9 Å². The van der Waals surface area contributed by atoms with Crippen molar-refractivity contribution in [2.45, 2.75) is 39.2 Å². The van der Waals surface area contributed by atoms with Gasteiger partial charge in [0, 0.05) is 37.5 Å². The maximum atomic E-state index is 4.70. The Morgan fingerprint density at radius 3 is 2.62 bits per heavy atom. The first-order valence-corrected chi connectivity index (χ1v) is 5.81. The monoisotopic (exact) mass is 220 g/mol. The van der Waals surface area contributed by atoms with Crippen molar-refractivity contribution < 1.29 is 0 Å². The van der Waals surface area contributed by atoms with Crippen molar-refractivity contribution in [1.82, 2.24) is 15.3 Å². The van der Waals surface area contributed by atoms with Crippen molar-refractivity contribution in [2.75, 3.05) is 18.9 Å². The third-order valence-corrected chi connectivity index (χ3v) is 2.84. The van der Waals surface area contributed by atoms with Gasteiger partial charge in [-0.1, -0.05) is 20.8 Å². The Balaban J connectivity index is 2.52. The molecule has 0 aliphatic carbocycles. The summed E-state index contributed by atoms with van der Waals surface area (Å²) in [5.74, 6) is 1.90. The van der Waals surface area contributed by atoms with Crippen LogP contribution in [0.15, 0.2) is 0 Å². The number of rotatable bonds is 1. The van der Waals surface area contributed by atoms with Crippen LogP contribution in [0.3, 0.4) is 0 Å². The lowest BCUT2D eigenvalue weighted by Crippen LogP contribution is -2.28. The average Bonchev–Trinajstić information content (AvgIpc) is 2.26. The number of anilines is 1. The molecule has 0 spiro atoms. The predicted octanol–water partition coefficient (Wildman–Crippen LogP) is 1.46. The number of hydrogen-bond acceptors (Lipinski definition) is 4. The molecule has 2 rings (SSSR count). The molecular weight excluding hydrogens is 200 g/mol. The first-order chi connectivity index (χ1) is 7.52. The van der Waals surface area contributed by atoms with Gasteiger partial charge >= 0.3 is 0 Å². The molecule has 0 bridgehead atoms. The molecule has 4 nitrogen and oxygen atoms in total. The van der Waals surface area contributed by atoms with Crippen LogP contribution in [0.25, 0.3) is 0 Å². The highest BCUT2D eigenvalue weighted by molar-refractivity contribution is 5.47. The highest BCUT2D eigenvalue weighted by Crippen LogP contribution is 2.25. The molecule has 0 amide bonds. The van der Waals surface area contributed by atoms with Crippen LogP contribution in [0.2, 0.25) is 0 Å². The summed E-state index contributed by atoms with van der Waals surface area (Å²) < 4.78 is 0. The van der Waals surface area contributed by atoms with Crippen molar-refractivity contribution in [3.63, 3.8) is 0 Å². The molecular formula is C12H20N4. The minimum atomic E-state index is 0.00546. The van der Waals surface area contributed by atoms with E-state index >= 15 is 0 Å². The Bertz CT molecular complexity index is 375. The Morgan fingerprint density at radius 2 is 2.00 bits per heavy atom. The van der Waals surface area contributed by atoms with Crippen molar-refractivity contribution in [3.05, 3.63) is 17.1 Å². The second kappa shape index (κ2) is 4.01. The van der Waals surface area contributed by atoms with Crippen LogP contribution in [0, 0.1) is 0 Å². The zero-order chi connectivity index (χ0) is 11.8. The molecule has 1 aliphatic rings. The topological polar surface area (TPSA) is 49.8 Å². The number of nitrogens with zero attached hydrogens (tertiary/aromatic N) is 2. The summed E-state index contributed by atoms with van der Waals surface area (Å²) in [7, 11) is 1.92. The van der Waals surface area contributed by atoms with Crippen molar-refractivity contribution in [3.8, 4) is 0 Å². The van der Waals surface area contributed by atoms with E-state index in [4.69, 9.17) is 4.98 Å². The van der Waals surface area contributed by atoms with Crippen LogP contribution in [0.4, 0.5) is 5.82 Å². The fourth-order valence-electron chi connectivity index (χ4n) is 1.89. The smallest absolute Gasteiger partial charge is 0.136 e. The molecule has 1 aromatic heterocycles. The molecule has 0 unspecified atom stereocenters. The van der Waals surface area contributed by atoms with Crippen LogP contribution < -0.4 is 10.6 Å². The first-order valence-electron chi connectivity index (χ1n) is 5.81. The van der Waals surface area contributed by atoms with E-state index in [1.807, 2.05) is 7.05 Å². The van der Waals surface area contributed by atoms with Crippen LogP contribution in [0.1, 0.15) is 37.9 Å². The molecule has 1 aliphatic heterocycles. The normalized spacial score (nSPS) is 15.8. The third-order valence-electron chi connectivity index (χ3n) is 2.84. The molecule has 1 aromatic rings. The molecule has 0 fully saturated rings. The lowest BCUT2D eigenvalue weighted by Gasteiger charge is -2.24. The average molecular weight is 220 g/mol. The van der Waals surface area contributed by atoms with E-state index in [9.17, 15) is 0 Å². The second-order valence-electron chi connectivity index (χ2n) is 5.25. The van der Waals surface area contributed by atoms with Gasteiger partial charge in [-0.25, -0.2) is 9.97 Å². The summed E-state index contributed by atoms with van der Waals surface area (Å²) in [6.07, 6.45) is 0.996. The summed E-state index contributed by atoms with van der Waals surface area (Å²) in [6, 6.07) is 0. The van der Waals surface area contributed by atoms with Gasteiger partial charge in [-0.15, -0.1) is 0 Å². The van der Waals surface area contributed by atoms with Crippen molar-refractivity contribution >= 4 is 5.82 Å². The van der Waals surface area contributed by atoms with Crippen LogP contribution in [-0.4, -0.2) is 23.6 Å². The predicted molar refractivity (Wildman–Crippen MR) is 65.7 cm³/mol. The van der Waals surface area contributed by atoms with Crippen LogP contribution >= 0.6 is 0 Å². The maximum absolute atomic E-state index is 4.70. The molecule has 0 aromatic carbocycles. The fraction of sp³-hybridized carbons (Fsp3) is 0.667. The Hall–Kier alpha value is -1.16. The second-order valence-corrected chi connectivity index (χ2v) is 5.25. The summed E-state index contributed by atoms with van der Waals surface area (Å²) in [6.45, 7) is 8.33. The van der Waals surface area contributed by atoms with Gasteiger partial charge < -0.3 is 10.6 Å². The van der Waals surface area contributed by atoms with E-state index in [1.54, 1.807) is 0 Å². The van der Waals surface area contributed by atoms with Gasteiger partial charge in [0.1, 0.15) is 11.6 Å². The van der Waals surface area contributed by atoms with Crippen molar-refractivity contribution in [1.29, 1.82) is 0 Å². The van der Waals surface area contributed by atoms with Crippen LogP contribution in [0.5, 0.6) is 0 Å². The minimum Gasteiger partial charge on any atom is -0.373 e. The van der Waals surface area contributed by atoms with Gasteiger partial charge in [-0.05, 0) is 0 Å². The summed E-state index contributed by atoms with van der Waals surface area (Å²) in [5.41, 5.74) is 2.43. The van der Waals surface area contributed by atoms with Gasteiger partial charge in [-0.3, -0.25) is 0 Å². The van der Waals surface area contributed by atoms with E-state index in [0.29, 0.717) is 0 Å². The highest BCUT2D eigenvalue weighted by atomic mass is 15.0. The van der Waals surface area contributed by atoms with Gasteiger partial charge in [0.05, 0.1) is 5.69 Å². The molecule has 2 N–H and O–H groups in total. The lowest BCUT2D eigenvalue weighted by atomic mass is 9.94.